The van der Waals surface area contributed by atoms with E-state index in [0.29, 0.717) is 43.5 Å². The van der Waals surface area contributed by atoms with Crippen LogP contribution in [0.15, 0.2) is 170 Å². The zero-order valence-electron chi connectivity index (χ0n) is 67.1. The van der Waals surface area contributed by atoms with Gasteiger partial charge in [-0.05, 0) is 136 Å². The van der Waals surface area contributed by atoms with Crippen LogP contribution in [-0.2, 0) is 96.6 Å². The van der Waals surface area contributed by atoms with Crippen LogP contribution in [0.4, 0.5) is 0 Å². The minimum Gasteiger partial charge on any atom is -0.320 e. The normalized spacial score (nSPS) is 26.9. The molecule has 0 atom stereocenters. The van der Waals surface area contributed by atoms with Crippen molar-refractivity contribution in [2.45, 2.75) is 209 Å². The van der Waals surface area contributed by atoms with Gasteiger partial charge in [0.2, 0.25) is 0 Å². The molecule has 0 aliphatic carbocycles. The third kappa shape index (κ3) is 14.7. The summed E-state index contributed by atoms with van der Waals surface area (Å²) in [5, 5.41) is 1.34. The van der Waals surface area contributed by atoms with E-state index in [2.05, 4.69) is 190 Å². The summed E-state index contributed by atoms with van der Waals surface area (Å²) < 4.78 is 105. The first-order chi connectivity index (χ1) is 49.9. The molecule has 6 aliphatic rings. The van der Waals surface area contributed by atoms with Crippen LogP contribution in [-0.4, -0.2) is 52.2 Å². The molecule has 6 heterocycles. The van der Waals surface area contributed by atoms with Crippen molar-refractivity contribution in [2.75, 3.05) is 0 Å². The first-order valence-corrected chi connectivity index (χ1v) is 43.6. The molecule has 0 amide bonds. The summed E-state index contributed by atoms with van der Waals surface area (Å²) in [7, 11) is -20.3. The van der Waals surface area contributed by atoms with Gasteiger partial charge >= 0.3 is 58.8 Å². The molecule has 8 bridgehead atoms. The molecule has 16 nitrogen and oxygen atoms in total. The summed E-state index contributed by atoms with van der Waals surface area (Å²) in [5.74, 6) is 0. The van der Waals surface area contributed by atoms with E-state index >= 15 is 0 Å². The zero-order valence-corrected chi connectivity index (χ0v) is 70.7. The van der Waals surface area contributed by atoms with Crippen LogP contribution in [0.1, 0.15) is 252 Å². The van der Waals surface area contributed by atoms with Gasteiger partial charge in [-0.25, -0.2) is 0 Å². The first kappa shape index (κ1) is 80.0. The van der Waals surface area contributed by atoms with Crippen molar-refractivity contribution in [3.8, 4) is 0 Å². The topological polar surface area (TPSA) is 179 Å². The molecule has 108 heavy (non-hydrogen) atoms. The molecular weight excluding hydrogens is 1430 g/mol. The second-order valence-electron chi connectivity index (χ2n) is 38.0. The molecule has 0 unspecified atom stereocenters. The molecule has 0 saturated carbocycles. The molecule has 8 aromatic carbocycles. The van der Waals surface area contributed by atoms with E-state index in [0.717, 1.165) is 69.7 Å². The summed E-state index contributed by atoms with van der Waals surface area (Å²) in [6, 6.07) is 51.8. The summed E-state index contributed by atoms with van der Waals surface area (Å²) in [6.45, 7) is 34.8. The minimum atomic E-state index is -5.08. The lowest BCUT2D eigenvalue weighted by Crippen LogP contribution is -2.75. The van der Waals surface area contributed by atoms with Crippen molar-refractivity contribution in [1.29, 1.82) is 0 Å². The molecule has 8 aromatic rings. The van der Waals surface area contributed by atoms with Crippen molar-refractivity contribution in [3.05, 3.63) is 237 Å². The van der Waals surface area contributed by atoms with Gasteiger partial charge in [0.1, 0.15) is 25.1 Å². The van der Waals surface area contributed by atoms with Gasteiger partial charge in [0.25, 0.3) is 0 Å². The van der Waals surface area contributed by atoms with Crippen molar-refractivity contribution < 1.29 is 72.5 Å². The molecule has 6 saturated heterocycles. The lowest BCUT2D eigenvalue weighted by Gasteiger charge is -2.64. The monoisotopic (exact) mass is 1540 g/mol. The molecular formula is C84H104B4O16P4. The van der Waals surface area contributed by atoms with Crippen LogP contribution >= 0.6 is 31.8 Å². The number of hydrogen-bond acceptors (Lipinski definition) is 16. The van der Waals surface area contributed by atoms with Gasteiger partial charge in [-0.3, -0.25) is 19.2 Å². The minimum absolute atomic E-state index is 0.202. The molecule has 0 spiro atoms. The maximum absolute atomic E-state index is 13.2. The molecule has 6 aliphatic heterocycles. The van der Waals surface area contributed by atoms with Gasteiger partial charge in [-0.15, -0.1) is 21.9 Å². The highest BCUT2D eigenvalue weighted by Crippen LogP contribution is 2.87. The SMILES string of the molecule is CC(C)(C)c1cc(C(C)(C)C)cc([P+]23O[B-]4(c5ccc(C=O)cc5)O[P+]5(c6cc(C(C)(C)C)cc(C(C)(C)C)c6)O[B-](c6ccc(C=O)cc6)(O2)O[P+]2(c6cc(C(C)(C)C)cc(C(C)(C)C)c6)O[B-](c6ccc(C=O)cc6)(O3)O[P+](c3cc(C(C)(C)C)cc(C(C)(C)C)c3)(O4)O[B-](c3ccc(C=O)cc3)(O5)O2)c1. The smallest absolute Gasteiger partial charge is 0.320 e. The van der Waals surface area contributed by atoms with E-state index in [9.17, 15) is 19.2 Å². The Morgan fingerprint density at radius 3 is 0.426 bits per heavy atom. The summed E-state index contributed by atoms with van der Waals surface area (Å²) in [6.07, 6.45) is 3.02. The summed E-state index contributed by atoms with van der Waals surface area (Å²) in [5.41, 5.74) is 4.19. The Hall–Kier alpha value is -6.06. The van der Waals surface area contributed by atoms with Gasteiger partial charge < -0.3 is 53.3 Å². The number of benzene rings is 8. The van der Waals surface area contributed by atoms with Gasteiger partial charge in [-0.1, -0.05) is 287 Å². The van der Waals surface area contributed by atoms with E-state index in [-0.39, 0.29) is 21.9 Å². The third-order valence-corrected chi connectivity index (χ3v) is 31.3. The fourth-order valence-electron chi connectivity index (χ4n) is 14.0. The fourth-order valence-corrected chi connectivity index (χ4v) is 26.1. The van der Waals surface area contributed by atoms with Gasteiger partial charge in [0, 0.05) is 22.3 Å². The van der Waals surface area contributed by atoms with Crippen LogP contribution in [0.3, 0.4) is 0 Å². The van der Waals surface area contributed by atoms with Crippen LogP contribution in [0, 0.1) is 0 Å². The Balaban J connectivity index is 1.37. The number of carbonyl (C=O) groups excluding carboxylic acids is 4. The number of rotatable bonds is 12. The largest absolute Gasteiger partial charge is 0.522 e. The molecule has 14 rings (SSSR count). The highest BCUT2D eigenvalue weighted by molar-refractivity contribution is 7.82. The Labute approximate surface area is 641 Å². The van der Waals surface area contributed by atoms with E-state index < -0.39 is 102 Å². The van der Waals surface area contributed by atoms with Crippen LogP contribution in [0.2, 0.25) is 0 Å². The number of aldehydes is 4. The van der Waals surface area contributed by atoms with Crippen LogP contribution in [0.5, 0.6) is 0 Å². The Kier molecular flexibility index (Phi) is 19.9. The van der Waals surface area contributed by atoms with E-state index in [4.69, 9.17) is 53.3 Å². The highest BCUT2D eigenvalue weighted by atomic mass is 31.2. The van der Waals surface area contributed by atoms with E-state index in [1.165, 1.54) is 0 Å². The van der Waals surface area contributed by atoms with Crippen LogP contribution in [0.25, 0.3) is 0 Å². The van der Waals surface area contributed by atoms with Crippen molar-refractivity contribution in [1.82, 2.24) is 0 Å². The number of carbonyl (C=O) groups is 4. The first-order valence-electron chi connectivity index (χ1n) is 37.4. The predicted octanol–water partition coefficient (Wildman–Crippen LogP) is 17.6. The van der Waals surface area contributed by atoms with Gasteiger partial charge in [0.15, 0.2) is 21.2 Å². The summed E-state index contributed by atoms with van der Waals surface area (Å²) >= 11 is 0. The predicted molar refractivity (Wildman–Crippen MR) is 443 cm³/mol. The van der Waals surface area contributed by atoms with E-state index in [1.807, 2.05) is 48.5 Å². The zero-order chi connectivity index (χ0) is 78.7. The lowest BCUT2D eigenvalue weighted by molar-refractivity contribution is 0.0777. The third-order valence-electron chi connectivity index (χ3n) is 21.1. The molecule has 6 fully saturated rings. The second kappa shape index (κ2) is 26.8. The van der Waals surface area contributed by atoms with Crippen molar-refractivity contribution in [3.63, 3.8) is 0 Å². The maximum atomic E-state index is 13.2. The Bertz CT molecular complexity index is 4040. The Morgan fingerprint density at radius 2 is 0.324 bits per heavy atom. The fraction of sp³-hybridized carbons (Fsp3) is 0.381. The molecule has 24 heteroatoms. The highest BCUT2D eigenvalue weighted by Gasteiger charge is 2.84. The molecule has 0 aromatic heterocycles. The van der Waals surface area contributed by atoms with Crippen molar-refractivity contribution >= 4 is 127 Å². The lowest BCUT2D eigenvalue weighted by atomic mass is 9.70. The number of hydrogen-bond donors (Lipinski definition) is 0. The summed E-state index contributed by atoms with van der Waals surface area (Å²) in [4.78, 5) is 52.9. The van der Waals surface area contributed by atoms with Gasteiger partial charge in [0.05, 0.1) is 0 Å². The average molecular weight is 1540 g/mol. The van der Waals surface area contributed by atoms with E-state index in [1.54, 1.807) is 97.1 Å². The average Bonchev–Trinajstić information content (AvgIpc) is 0.662. The quantitative estimate of drug-likeness (QED) is 0.0640. The maximum Gasteiger partial charge on any atom is 0.522 e. The van der Waals surface area contributed by atoms with Gasteiger partial charge in [-0.2, -0.15) is 0 Å². The standard InChI is InChI=1S/C84H104B4O16P4/c1-77(2,3)61-41-62(78(4,5)6)46-73(45-61)105-93-85(69-33-25-57(53-89)26-34-69)96-106(74-47-63(79(7,8)9)42-64(48-74)80(10,11)12)97-86(94-105,70-35-27-58(54-90)28-36-70)99-108(76-51-67(83(19,20)21)44-68(52-76)84(22,23)24)101-87(95-105,71-37-29-59(55-91)30-38-71)100-107(98-85,75-49-65(81(13,14)15)43-66(50-75)82(16,17)18)103-88(102-106,104-108)72-39-31-60(56-92)32-40-72/h25-56H,1-24H3. The molecule has 568 valence electrons. The molecule has 0 N–H and O–H groups in total. The second-order valence-corrected chi connectivity index (χ2v) is 46.6. The molecule has 0 radical (unpaired) electrons. The van der Waals surface area contributed by atoms with Crippen molar-refractivity contribution in [2.24, 2.45) is 0 Å². The Morgan fingerprint density at radius 1 is 0.204 bits per heavy atom. The van der Waals surface area contributed by atoms with Crippen LogP contribution < -0.4 is 43.1 Å².